The zero-order valence-electron chi connectivity index (χ0n) is 17.0. The van der Waals surface area contributed by atoms with Crippen LogP contribution in [0.3, 0.4) is 0 Å². The lowest BCUT2D eigenvalue weighted by Gasteiger charge is -2.17. The minimum Gasteiger partial charge on any atom is -0.473 e. The molecule has 2 aromatic rings. The Bertz CT molecular complexity index is 799. The Labute approximate surface area is 178 Å². The predicted molar refractivity (Wildman–Crippen MR) is 110 cm³/mol. The molecular weight excluding hydrogens is 414 g/mol. The van der Waals surface area contributed by atoms with Gasteiger partial charge in [0, 0.05) is 13.0 Å². The van der Waals surface area contributed by atoms with Gasteiger partial charge in [0.2, 0.25) is 0 Å². The maximum absolute atomic E-state index is 11.7. The summed E-state index contributed by atoms with van der Waals surface area (Å²) in [4.78, 5) is 47.7. The lowest BCUT2D eigenvalue weighted by atomic mass is 10.2. The van der Waals surface area contributed by atoms with E-state index in [4.69, 9.17) is 24.5 Å². The van der Waals surface area contributed by atoms with E-state index in [1.165, 1.54) is 6.33 Å². The van der Waals surface area contributed by atoms with Crippen LogP contribution in [-0.2, 0) is 19.1 Å². The van der Waals surface area contributed by atoms with Crippen molar-refractivity contribution in [3.05, 3.63) is 12.7 Å². The molecule has 11 nitrogen and oxygen atoms in total. The van der Waals surface area contributed by atoms with Crippen LogP contribution in [0.4, 0.5) is 0 Å². The molecule has 0 saturated carbocycles. The fraction of sp³-hybridized carbons (Fsp3) is 0.556. The van der Waals surface area contributed by atoms with E-state index in [0.29, 0.717) is 18.7 Å². The van der Waals surface area contributed by atoms with Gasteiger partial charge in [-0.05, 0) is 31.7 Å². The summed E-state index contributed by atoms with van der Waals surface area (Å²) in [5.74, 6) is -2.85. The molecule has 0 aromatic carbocycles. The molecule has 30 heavy (non-hydrogen) atoms. The van der Waals surface area contributed by atoms with Crippen LogP contribution in [0.1, 0.15) is 33.1 Å². The molecule has 2 heterocycles. The first-order chi connectivity index (χ1) is 14.4. The predicted octanol–water partition coefficient (Wildman–Crippen LogP) is 1.66. The average Bonchev–Trinajstić information content (AvgIpc) is 3.21. The number of carbonyl (C=O) groups excluding carboxylic acids is 1. The number of carboxylic acids is 2. The van der Waals surface area contributed by atoms with Crippen molar-refractivity contribution < 1.29 is 29.3 Å². The van der Waals surface area contributed by atoms with Gasteiger partial charge in [-0.15, -0.1) is 11.8 Å². The van der Waals surface area contributed by atoms with Crippen LogP contribution in [0.2, 0.25) is 0 Å². The molecule has 166 valence electrons. The van der Waals surface area contributed by atoms with Crippen molar-refractivity contribution >= 4 is 40.8 Å². The Morgan fingerprint density at radius 3 is 2.43 bits per heavy atom. The van der Waals surface area contributed by atoms with Gasteiger partial charge in [-0.3, -0.25) is 4.79 Å². The van der Waals surface area contributed by atoms with Gasteiger partial charge in [0.1, 0.15) is 23.5 Å². The second-order valence-electron chi connectivity index (χ2n) is 5.94. The highest BCUT2D eigenvalue weighted by molar-refractivity contribution is 7.99. The number of esters is 1. The molecule has 0 saturated heterocycles. The van der Waals surface area contributed by atoms with Crippen molar-refractivity contribution in [3.63, 3.8) is 0 Å². The summed E-state index contributed by atoms with van der Waals surface area (Å²) in [6.45, 7) is 7.47. The van der Waals surface area contributed by atoms with Crippen molar-refractivity contribution in [3.8, 4) is 0 Å². The number of likely N-dealkylation sites (N-methyl/N-ethyl adjacent to an activating group) is 1. The number of hydrogen-bond acceptors (Lipinski definition) is 9. The molecule has 0 aliphatic rings. The van der Waals surface area contributed by atoms with Gasteiger partial charge in [0.15, 0.2) is 5.65 Å². The summed E-state index contributed by atoms with van der Waals surface area (Å²) in [6.07, 6.45) is 5.39. The van der Waals surface area contributed by atoms with E-state index >= 15 is 0 Å². The summed E-state index contributed by atoms with van der Waals surface area (Å²) in [5, 5.41) is 15.7. The molecule has 0 fully saturated rings. The van der Waals surface area contributed by atoms with Gasteiger partial charge < -0.3 is 24.8 Å². The highest BCUT2D eigenvalue weighted by atomic mass is 32.2. The van der Waals surface area contributed by atoms with E-state index in [2.05, 4.69) is 38.7 Å². The molecule has 2 aromatic heterocycles. The van der Waals surface area contributed by atoms with Crippen LogP contribution in [0.25, 0.3) is 11.2 Å². The fourth-order valence-electron chi connectivity index (χ4n) is 2.29. The monoisotopic (exact) mass is 441 g/mol. The molecule has 0 aliphatic carbocycles. The minimum absolute atomic E-state index is 0.106. The second kappa shape index (κ2) is 14.3. The number of imidazole rings is 1. The highest BCUT2D eigenvalue weighted by Gasteiger charge is 2.08. The van der Waals surface area contributed by atoms with Crippen LogP contribution in [0.15, 0.2) is 17.7 Å². The number of ether oxygens (including phenoxy) is 1. The van der Waals surface area contributed by atoms with Crippen LogP contribution in [0.5, 0.6) is 0 Å². The molecule has 0 unspecified atom stereocenters. The third-order valence-electron chi connectivity index (χ3n) is 3.95. The van der Waals surface area contributed by atoms with Crippen molar-refractivity contribution in [2.45, 2.75) is 38.1 Å². The van der Waals surface area contributed by atoms with Crippen LogP contribution < -0.4 is 0 Å². The maximum Gasteiger partial charge on any atom is 0.414 e. The largest absolute Gasteiger partial charge is 0.473 e. The second-order valence-corrected chi connectivity index (χ2v) is 7.03. The zero-order chi connectivity index (χ0) is 22.4. The number of nitrogens with one attached hydrogen (secondary N) is 1. The lowest BCUT2D eigenvalue weighted by molar-refractivity contribution is -0.159. The molecule has 2 rings (SSSR count). The minimum atomic E-state index is -1.82. The molecule has 3 N–H and O–H groups in total. The van der Waals surface area contributed by atoms with Gasteiger partial charge in [-0.25, -0.2) is 24.5 Å². The van der Waals surface area contributed by atoms with Gasteiger partial charge >= 0.3 is 17.9 Å². The van der Waals surface area contributed by atoms with E-state index in [-0.39, 0.29) is 5.97 Å². The molecule has 12 heteroatoms. The van der Waals surface area contributed by atoms with E-state index in [9.17, 15) is 4.79 Å². The molecule has 0 radical (unpaired) electrons. The normalized spacial score (nSPS) is 10.5. The smallest absolute Gasteiger partial charge is 0.414 e. The number of nitrogens with zero attached hydrogens (tertiary/aromatic N) is 4. The Morgan fingerprint density at radius 2 is 1.80 bits per heavy atom. The number of fused-ring (bicyclic) bond motifs is 1. The summed E-state index contributed by atoms with van der Waals surface area (Å²) >= 11 is 1.65. The summed E-state index contributed by atoms with van der Waals surface area (Å²) in [5.41, 5.74) is 1.56. The van der Waals surface area contributed by atoms with Crippen molar-refractivity contribution in [1.29, 1.82) is 0 Å². The number of rotatable bonds is 11. The molecule has 0 amide bonds. The van der Waals surface area contributed by atoms with Crippen LogP contribution in [0, 0.1) is 0 Å². The van der Waals surface area contributed by atoms with Gasteiger partial charge in [0.05, 0.1) is 6.33 Å². The number of carboxylic acid groups (broad SMARTS) is 2. The van der Waals surface area contributed by atoms with Crippen molar-refractivity contribution in [2.24, 2.45) is 0 Å². The number of hydrogen-bond donors (Lipinski definition) is 3. The number of thioether (sulfide) groups is 1. The number of aromatic amines is 1. The van der Waals surface area contributed by atoms with Gasteiger partial charge in [-0.1, -0.05) is 13.8 Å². The van der Waals surface area contributed by atoms with E-state index in [1.54, 1.807) is 18.1 Å². The maximum atomic E-state index is 11.7. The van der Waals surface area contributed by atoms with E-state index in [0.717, 1.165) is 48.8 Å². The first kappa shape index (κ1) is 25.3. The Kier molecular flexibility index (Phi) is 12.0. The third-order valence-corrected chi connectivity index (χ3v) is 5.03. The lowest BCUT2D eigenvalue weighted by Crippen LogP contribution is -2.27. The number of carbonyl (C=O) groups is 3. The zero-order valence-corrected chi connectivity index (χ0v) is 17.9. The Balaban J connectivity index is 0.000000656. The molecule has 0 aliphatic heterocycles. The SMILES string of the molecule is CCN(CC)CCOC(=O)CCCCSc1ncnc2nc[nH]c12.O=C(O)C(=O)O. The highest BCUT2D eigenvalue weighted by Crippen LogP contribution is 2.22. The summed E-state index contributed by atoms with van der Waals surface area (Å²) < 4.78 is 5.27. The van der Waals surface area contributed by atoms with Crippen LogP contribution in [-0.4, -0.2) is 85.0 Å². The molecular formula is C18H27N5O6S. The fourth-order valence-corrected chi connectivity index (χ4v) is 3.25. The molecule has 0 atom stereocenters. The quantitative estimate of drug-likeness (QED) is 0.153. The number of unbranched alkanes of at least 4 members (excludes halogenated alkanes) is 1. The molecule has 0 bridgehead atoms. The average molecular weight is 442 g/mol. The first-order valence-corrected chi connectivity index (χ1v) is 10.5. The molecule has 0 spiro atoms. The third kappa shape index (κ3) is 9.65. The standard InChI is InChI=1S/C16H25N5O2S.C2H2O4/c1-3-21(4-2)8-9-23-13(22)7-5-6-10-24-16-14-15(18-11-17-14)19-12-20-16;3-1(4)2(5)6/h11-12H,3-10H2,1-2H3,(H,17,18,19,20);(H,3,4)(H,5,6). The van der Waals surface area contributed by atoms with Gasteiger partial charge in [0.25, 0.3) is 0 Å². The number of aliphatic carboxylic acids is 2. The van der Waals surface area contributed by atoms with Crippen molar-refractivity contribution in [2.75, 3.05) is 32.0 Å². The van der Waals surface area contributed by atoms with E-state index in [1.807, 2.05) is 0 Å². The summed E-state index contributed by atoms with van der Waals surface area (Å²) in [6, 6.07) is 0. The Morgan fingerprint density at radius 1 is 1.10 bits per heavy atom. The van der Waals surface area contributed by atoms with Crippen LogP contribution >= 0.6 is 11.8 Å². The Hall–Kier alpha value is -2.73. The summed E-state index contributed by atoms with van der Waals surface area (Å²) in [7, 11) is 0. The number of H-pyrrole nitrogens is 1. The van der Waals surface area contributed by atoms with Crippen molar-refractivity contribution in [1.82, 2.24) is 24.8 Å². The topological polar surface area (TPSA) is 159 Å². The first-order valence-electron chi connectivity index (χ1n) is 9.50. The number of aromatic nitrogens is 4. The van der Waals surface area contributed by atoms with E-state index < -0.39 is 11.9 Å². The van der Waals surface area contributed by atoms with Gasteiger partial charge in [-0.2, -0.15) is 0 Å².